The van der Waals surface area contributed by atoms with E-state index in [0.29, 0.717) is 11.5 Å². The maximum Gasteiger partial charge on any atom is 0.354 e. The van der Waals surface area contributed by atoms with Gasteiger partial charge in [0.1, 0.15) is 11.5 Å². The molecule has 124 valence electrons. The molecule has 24 heavy (non-hydrogen) atoms. The molecule has 0 saturated heterocycles. The minimum absolute atomic E-state index is 0.0274. The Morgan fingerprint density at radius 2 is 1.96 bits per heavy atom. The molecule has 2 aromatic rings. The monoisotopic (exact) mass is 327 g/mol. The summed E-state index contributed by atoms with van der Waals surface area (Å²) < 4.78 is 9.20. The molecule has 0 aliphatic heterocycles. The molecule has 1 aromatic heterocycles. The standard InChI is InChI=1S/C17H17N3O4/c1-11-18-8-7-14(19-11)12-5-4-6-13(9-12)20-15(17(22)24-3)10-16(21)23-2/h4-10,20H,1-3H3/b15-10+. The largest absolute Gasteiger partial charge is 0.466 e. The molecular formula is C17H17N3O4. The number of rotatable bonds is 5. The van der Waals surface area contributed by atoms with E-state index >= 15 is 0 Å². The lowest BCUT2D eigenvalue weighted by Crippen LogP contribution is -2.15. The van der Waals surface area contributed by atoms with Crippen molar-refractivity contribution >= 4 is 17.6 Å². The second-order valence-electron chi connectivity index (χ2n) is 4.77. The van der Waals surface area contributed by atoms with Crippen molar-refractivity contribution in [2.24, 2.45) is 0 Å². The van der Waals surface area contributed by atoms with Gasteiger partial charge in [-0.3, -0.25) is 0 Å². The molecule has 1 heterocycles. The summed E-state index contributed by atoms with van der Waals surface area (Å²) >= 11 is 0. The summed E-state index contributed by atoms with van der Waals surface area (Å²) in [5.74, 6) is -0.680. The number of ether oxygens (including phenoxy) is 2. The summed E-state index contributed by atoms with van der Waals surface area (Å²) in [5.41, 5.74) is 2.17. The molecule has 0 fully saturated rings. The topological polar surface area (TPSA) is 90.4 Å². The van der Waals surface area contributed by atoms with Crippen molar-refractivity contribution in [3.8, 4) is 11.3 Å². The van der Waals surface area contributed by atoms with Crippen LogP contribution in [-0.4, -0.2) is 36.1 Å². The first-order valence-corrected chi connectivity index (χ1v) is 7.08. The predicted octanol–water partition coefficient (Wildman–Crippen LogP) is 2.09. The predicted molar refractivity (Wildman–Crippen MR) is 87.9 cm³/mol. The van der Waals surface area contributed by atoms with Crippen molar-refractivity contribution in [3.63, 3.8) is 0 Å². The number of carbonyl (C=O) groups excluding carboxylic acids is 2. The molecule has 1 N–H and O–H groups in total. The third kappa shape index (κ3) is 4.39. The van der Waals surface area contributed by atoms with Crippen LogP contribution in [0.5, 0.6) is 0 Å². The molecule has 0 aliphatic carbocycles. The van der Waals surface area contributed by atoms with E-state index in [1.165, 1.54) is 14.2 Å². The molecular weight excluding hydrogens is 310 g/mol. The Labute approximate surface area is 139 Å². The number of nitrogens with zero attached hydrogens (tertiary/aromatic N) is 2. The van der Waals surface area contributed by atoms with Gasteiger partial charge in [0.25, 0.3) is 0 Å². The van der Waals surface area contributed by atoms with Crippen LogP contribution in [0.3, 0.4) is 0 Å². The van der Waals surface area contributed by atoms with Crippen LogP contribution in [0.25, 0.3) is 11.3 Å². The lowest BCUT2D eigenvalue weighted by molar-refractivity contribution is -0.138. The van der Waals surface area contributed by atoms with Crippen molar-refractivity contribution in [2.75, 3.05) is 19.5 Å². The molecule has 0 aliphatic rings. The summed E-state index contributed by atoms with van der Waals surface area (Å²) in [7, 11) is 2.46. The van der Waals surface area contributed by atoms with Crippen LogP contribution in [0.1, 0.15) is 5.82 Å². The van der Waals surface area contributed by atoms with Crippen LogP contribution >= 0.6 is 0 Å². The molecule has 0 saturated carbocycles. The van der Waals surface area contributed by atoms with Gasteiger partial charge in [0.05, 0.1) is 26.0 Å². The fraction of sp³-hybridized carbons (Fsp3) is 0.176. The fourth-order valence-electron chi connectivity index (χ4n) is 1.96. The van der Waals surface area contributed by atoms with Gasteiger partial charge in [-0.25, -0.2) is 19.6 Å². The van der Waals surface area contributed by atoms with Crippen LogP contribution in [0.2, 0.25) is 0 Å². The molecule has 1 aromatic carbocycles. The lowest BCUT2D eigenvalue weighted by Gasteiger charge is -2.10. The third-order valence-corrected chi connectivity index (χ3v) is 3.08. The molecule has 0 unspecified atom stereocenters. The number of hydrogen-bond acceptors (Lipinski definition) is 7. The number of anilines is 1. The highest BCUT2D eigenvalue weighted by Gasteiger charge is 2.13. The highest BCUT2D eigenvalue weighted by molar-refractivity contribution is 5.98. The van der Waals surface area contributed by atoms with Gasteiger partial charge in [-0.05, 0) is 25.1 Å². The van der Waals surface area contributed by atoms with Crippen molar-refractivity contribution < 1.29 is 19.1 Å². The van der Waals surface area contributed by atoms with Gasteiger partial charge < -0.3 is 14.8 Å². The maximum atomic E-state index is 11.8. The van der Waals surface area contributed by atoms with E-state index in [2.05, 4.69) is 24.8 Å². The van der Waals surface area contributed by atoms with E-state index in [9.17, 15) is 9.59 Å². The molecule has 0 bridgehead atoms. The van der Waals surface area contributed by atoms with Gasteiger partial charge in [0.15, 0.2) is 0 Å². The molecule has 0 amide bonds. The summed E-state index contributed by atoms with van der Waals surface area (Å²) in [4.78, 5) is 31.6. The number of methoxy groups -OCH3 is 2. The number of esters is 2. The summed E-state index contributed by atoms with van der Waals surface area (Å²) in [6.45, 7) is 1.81. The van der Waals surface area contributed by atoms with Gasteiger partial charge in [0.2, 0.25) is 0 Å². The summed E-state index contributed by atoms with van der Waals surface area (Å²) in [6.07, 6.45) is 2.71. The Bertz CT molecular complexity index is 787. The average molecular weight is 327 g/mol. The summed E-state index contributed by atoms with van der Waals surface area (Å²) in [5, 5.41) is 2.86. The van der Waals surface area contributed by atoms with Gasteiger partial charge in [0, 0.05) is 17.4 Å². The first kappa shape index (κ1) is 17.1. The Balaban J connectivity index is 2.31. The number of nitrogens with one attached hydrogen (secondary N) is 1. The lowest BCUT2D eigenvalue weighted by atomic mass is 10.1. The van der Waals surface area contributed by atoms with Crippen molar-refractivity contribution in [1.29, 1.82) is 0 Å². The van der Waals surface area contributed by atoms with E-state index in [1.54, 1.807) is 31.3 Å². The molecule has 0 atom stereocenters. The van der Waals surface area contributed by atoms with Crippen molar-refractivity contribution in [3.05, 3.63) is 54.1 Å². The summed E-state index contributed by atoms with van der Waals surface area (Å²) in [6, 6.07) is 9.04. The maximum absolute atomic E-state index is 11.8. The minimum Gasteiger partial charge on any atom is -0.466 e. The van der Waals surface area contributed by atoms with Crippen LogP contribution in [0, 0.1) is 6.92 Å². The number of benzene rings is 1. The first-order chi connectivity index (χ1) is 11.5. The van der Waals surface area contributed by atoms with Crippen molar-refractivity contribution in [1.82, 2.24) is 9.97 Å². The van der Waals surface area contributed by atoms with Gasteiger partial charge in [-0.15, -0.1) is 0 Å². The van der Waals surface area contributed by atoms with Crippen molar-refractivity contribution in [2.45, 2.75) is 6.92 Å². The zero-order valence-electron chi connectivity index (χ0n) is 13.6. The van der Waals surface area contributed by atoms with Gasteiger partial charge >= 0.3 is 11.9 Å². The zero-order valence-corrected chi connectivity index (χ0v) is 13.6. The smallest absolute Gasteiger partial charge is 0.354 e. The van der Waals surface area contributed by atoms with E-state index in [1.807, 2.05) is 12.1 Å². The quantitative estimate of drug-likeness (QED) is 0.664. The third-order valence-electron chi connectivity index (χ3n) is 3.08. The molecule has 7 nitrogen and oxygen atoms in total. The van der Waals surface area contributed by atoms with Gasteiger partial charge in [-0.1, -0.05) is 12.1 Å². The van der Waals surface area contributed by atoms with E-state index < -0.39 is 11.9 Å². The zero-order chi connectivity index (χ0) is 17.5. The Kier molecular flexibility index (Phi) is 5.62. The first-order valence-electron chi connectivity index (χ1n) is 7.08. The van der Waals surface area contributed by atoms with Crippen LogP contribution in [0.4, 0.5) is 5.69 Å². The molecule has 0 spiro atoms. The molecule has 7 heteroatoms. The number of aryl methyl sites for hydroxylation is 1. The number of aromatic nitrogens is 2. The molecule has 0 radical (unpaired) electrons. The van der Waals surface area contributed by atoms with E-state index in [4.69, 9.17) is 0 Å². The average Bonchev–Trinajstić information content (AvgIpc) is 2.60. The Morgan fingerprint density at radius 1 is 1.17 bits per heavy atom. The van der Waals surface area contributed by atoms with Crippen LogP contribution < -0.4 is 5.32 Å². The van der Waals surface area contributed by atoms with E-state index in [0.717, 1.165) is 17.3 Å². The number of carbonyl (C=O) groups is 2. The van der Waals surface area contributed by atoms with Gasteiger partial charge in [-0.2, -0.15) is 0 Å². The highest BCUT2D eigenvalue weighted by Crippen LogP contribution is 2.21. The van der Waals surface area contributed by atoms with Crippen LogP contribution in [0.15, 0.2) is 48.3 Å². The SMILES string of the molecule is COC(=O)/C=C(/Nc1cccc(-c2ccnc(C)n2)c1)C(=O)OC. The number of hydrogen-bond donors (Lipinski definition) is 1. The normalized spacial score (nSPS) is 10.9. The van der Waals surface area contributed by atoms with E-state index in [-0.39, 0.29) is 5.70 Å². The second-order valence-corrected chi connectivity index (χ2v) is 4.77. The Hall–Kier alpha value is -3.22. The van der Waals surface area contributed by atoms with Crippen LogP contribution in [-0.2, 0) is 19.1 Å². The highest BCUT2D eigenvalue weighted by atomic mass is 16.5. The second kappa shape index (κ2) is 7.87. The fourth-order valence-corrected chi connectivity index (χ4v) is 1.96. The minimum atomic E-state index is -0.677. The Morgan fingerprint density at radius 3 is 2.62 bits per heavy atom. The molecule has 2 rings (SSSR count).